The van der Waals surface area contributed by atoms with Gasteiger partial charge in [-0.1, -0.05) is 31.5 Å². The average molecular weight is 474 g/mol. The lowest BCUT2D eigenvalue weighted by molar-refractivity contribution is -0.135. The van der Waals surface area contributed by atoms with E-state index in [1.165, 1.54) is 44.9 Å². The Balaban J connectivity index is 1.44. The SMILES string of the molecule is CO/N=C1/C=C2CCC3C(CC[C@@]4(C)C3CC[C@@H]4C(C)CCC(=O)O[Si](C)(C)C)[C@@]2(C)CC1. The third-order valence-electron chi connectivity index (χ3n) is 10.2. The molecule has 0 spiro atoms. The first-order valence-electron chi connectivity index (χ1n) is 13.5. The molecule has 0 aliphatic heterocycles. The van der Waals surface area contributed by atoms with Gasteiger partial charge < -0.3 is 9.26 Å². The van der Waals surface area contributed by atoms with E-state index >= 15 is 0 Å². The van der Waals surface area contributed by atoms with Gasteiger partial charge in [-0.15, -0.1) is 0 Å². The highest BCUT2D eigenvalue weighted by molar-refractivity contribution is 6.71. The van der Waals surface area contributed by atoms with Crippen LogP contribution >= 0.6 is 0 Å². The Morgan fingerprint density at radius 3 is 2.58 bits per heavy atom. The first kappa shape index (κ1) is 25.0. The molecule has 3 fully saturated rings. The quantitative estimate of drug-likeness (QED) is 0.299. The van der Waals surface area contributed by atoms with E-state index in [2.05, 4.69) is 51.6 Å². The summed E-state index contributed by atoms with van der Waals surface area (Å²) in [5, 5.41) is 4.26. The van der Waals surface area contributed by atoms with Crippen molar-refractivity contribution in [1.29, 1.82) is 0 Å². The zero-order chi connectivity index (χ0) is 24.0. The minimum Gasteiger partial charge on any atom is -0.520 e. The van der Waals surface area contributed by atoms with Crippen molar-refractivity contribution in [3.63, 3.8) is 0 Å². The van der Waals surface area contributed by atoms with Crippen LogP contribution in [-0.2, 0) is 14.1 Å². The number of oxime groups is 1. The van der Waals surface area contributed by atoms with E-state index in [9.17, 15) is 4.79 Å². The van der Waals surface area contributed by atoms with Gasteiger partial charge in [0.15, 0.2) is 0 Å². The summed E-state index contributed by atoms with van der Waals surface area (Å²) in [7, 11) is -0.128. The molecule has 0 radical (unpaired) electrons. The van der Waals surface area contributed by atoms with Crippen LogP contribution in [0.4, 0.5) is 0 Å². The zero-order valence-corrected chi connectivity index (χ0v) is 23.2. The van der Waals surface area contributed by atoms with Gasteiger partial charge in [-0.2, -0.15) is 0 Å². The molecule has 4 nitrogen and oxygen atoms in total. The number of allylic oxidation sites excluding steroid dienone is 2. The molecule has 5 heteroatoms. The molecule has 4 aliphatic rings. The maximum atomic E-state index is 12.4. The molecule has 4 unspecified atom stereocenters. The van der Waals surface area contributed by atoms with Gasteiger partial charge in [-0.05, 0) is 124 Å². The molecule has 186 valence electrons. The first-order valence-corrected chi connectivity index (χ1v) is 16.9. The highest BCUT2D eigenvalue weighted by Gasteiger charge is 2.59. The summed E-state index contributed by atoms with van der Waals surface area (Å²) in [6.45, 7) is 13.9. The molecule has 4 aliphatic carbocycles. The van der Waals surface area contributed by atoms with Gasteiger partial charge in [0.25, 0.3) is 5.97 Å². The Kier molecular flexibility index (Phi) is 6.94. The van der Waals surface area contributed by atoms with Crippen LogP contribution in [0.3, 0.4) is 0 Å². The van der Waals surface area contributed by atoms with Crippen LogP contribution in [0, 0.1) is 40.4 Å². The largest absolute Gasteiger partial charge is 0.520 e. The van der Waals surface area contributed by atoms with Gasteiger partial charge >= 0.3 is 0 Å². The molecule has 0 saturated heterocycles. The number of hydrogen-bond acceptors (Lipinski definition) is 4. The summed E-state index contributed by atoms with van der Waals surface area (Å²) in [6, 6.07) is 0. The van der Waals surface area contributed by atoms with Crippen LogP contribution in [0.25, 0.3) is 0 Å². The Labute approximate surface area is 203 Å². The lowest BCUT2D eigenvalue weighted by atomic mass is 9.46. The fourth-order valence-corrected chi connectivity index (χ4v) is 9.46. The van der Waals surface area contributed by atoms with Crippen molar-refractivity contribution in [3.8, 4) is 0 Å². The van der Waals surface area contributed by atoms with Gasteiger partial charge in [-0.3, -0.25) is 4.79 Å². The van der Waals surface area contributed by atoms with E-state index in [1.54, 1.807) is 12.7 Å². The van der Waals surface area contributed by atoms with E-state index in [1.807, 2.05) is 0 Å². The Hall–Kier alpha value is -1.10. The summed E-state index contributed by atoms with van der Waals surface area (Å²) >= 11 is 0. The van der Waals surface area contributed by atoms with Gasteiger partial charge in [0.05, 0.1) is 5.71 Å². The standard InChI is InChI=1S/C28H47NO3Si/c1-19(8-13-26(30)32-33(5,6)7)23-11-12-24-22-10-9-20-18-21(29-31-4)14-16-27(20,2)25(22)15-17-28(23,24)3/h18-19,22-25H,8-17H2,1-7H3/b29-21+/t19?,22?,23-,24?,25?,27+,28-/m1/s1. The fourth-order valence-electron chi connectivity index (χ4n) is 8.67. The number of fused-ring (bicyclic) bond motifs is 5. The third kappa shape index (κ3) is 4.72. The van der Waals surface area contributed by atoms with E-state index in [-0.39, 0.29) is 5.97 Å². The molecule has 4 rings (SSSR count). The molecule has 0 aromatic heterocycles. The minimum absolute atomic E-state index is 0.0256. The van der Waals surface area contributed by atoms with Gasteiger partial charge in [-0.25, -0.2) is 0 Å². The topological polar surface area (TPSA) is 47.9 Å². The molecule has 0 N–H and O–H groups in total. The predicted octanol–water partition coefficient (Wildman–Crippen LogP) is 7.36. The molecular weight excluding hydrogens is 426 g/mol. The summed E-state index contributed by atoms with van der Waals surface area (Å²) in [6.07, 6.45) is 14.2. The Morgan fingerprint density at radius 1 is 1.12 bits per heavy atom. The molecule has 0 bridgehead atoms. The van der Waals surface area contributed by atoms with Crippen LogP contribution in [0.1, 0.15) is 85.0 Å². The van der Waals surface area contributed by atoms with Crippen molar-refractivity contribution in [2.75, 3.05) is 7.11 Å². The van der Waals surface area contributed by atoms with Crippen molar-refractivity contribution in [2.45, 2.75) is 105 Å². The molecule has 33 heavy (non-hydrogen) atoms. The first-order chi connectivity index (χ1) is 15.5. The number of nitrogens with zero attached hydrogens (tertiary/aromatic N) is 1. The molecule has 0 aromatic rings. The van der Waals surface area contributed by atoms with Crippen LogP contribution in [0.5, 0.6) is 0 Å². The van der Waals surface area contributed by atoms with Gasteiger partial charge in [0, 0.05) is 6.42 Å². The van der Waals surface area contributed by atoms with Crippen LogP contribution in [0.15, 0.2) is 16.8 Å². The average Bonchev–Trinajstić information content (AvgIpc) is 3.08. The van der Waals surface area contributed by atoms with E-state index in [0.29, 0.717) is 23.2 Å². The third-order valence-corrected chi connectivity index (χ3v) is 11.0. The van der Waals surface area contributed by atoms with E-state index in [4.69, 9.17) is 9.26 Å². The maximum Gasteiger partial charge on any atom is 0.292 e. The summed E-state index contributed by atoms with van der Waals surface area (Å²) in [5.41, 5.74) is 3.56. The maximum absolute atomic E-state index is 12.4. The molecule has 0 heterocycles. The number of rotatable bonds is 6. The lowest BCUT2D eigenvalue weighted by Crippen LogP contribution is -2.51. The van der Waals surface area contributed by atoms with Crippen molar-refractivity contribution >= 4 is 20.0 Å². The monoisotopic (exact) mass is 473 g/mol. The van der Waals surface area contributed by atoms with Crippen molar-refractivity contribution in [1.82, 2.24) is 0 Å². The fraction of sp³-hybridized carbons (Fsp3) is 0.857. The number of carbonyl (C=O) groups is 1. The van der Waals surface area contributed by atoms with Crippen LogP contribution in [-0.4, -0.2) is 27.1 Å². The molecule has 3 saturated carbocycles. The number of hydrogen-bond donors (Lipinski definition) is 0. The summed E-state index contributed by atoms with van der Waals surface area (Å²) in [4.78, 5) is 17.4. The van der Waals surface area contributed by atoms with Crippen molar-refractivity contribution < 1.29 is 14.1 Å². The van der Waals surface area contributed by atoms with Crippen LogP contribution < -0.4 is 0 Å². The second-order valence-corrected chi connectivity index (χ2v) is 17.5. The second kappa shape index (κ2) is 9.16. The van der Waals surface area contributed by atoms with Gasteiger partial charge in [0.2, 0.25) is 8.32 Å². The predicted molar refractivity (Wildman–Crippen MR) is 137 cm³/mol. The molecule has 0 aromatic carbocycles. The highest BCUT2D eigenvalue weighted by atomic mass is 28.4. The highest BCUT2D eigenvalue weighted by Crippen LogP contribution is 2.67. The van der Waals surface area contributed by atoms with Crippen LogP contribution in [0.2, 0.25) is 19.6 Å². The smallest absolute Gasteiger partial charge is 0.292 e. The normalized spacial score (nSPS) is 40.3. The van der Waals surface area contributed by atoms with E-state index < -0.39 is 8.32 Å². The van der Waals surface area contributed by atoms with Crippen molar-refractivity contribution in [3.05, 3.63) is 11.6 Å². The number of carbonyl (C=O) groups excluding carboxylic acids is 1. The van der Waals surface area contributed by atoms with Gasteiger partial charge in [0.1, 0.15) is 7.11 Å². The Morgan fingerprint density at radius 2 is 1.88 bits per heavy atom. The molecule has 7 atom stereocenters. The Bertz CT molecular complexity index is 814. The second-order valence-electron chi connectivity index (χ2n) is 13.1. The van der Waals surface area contributed by atoms with E-state index in [0.717, 1.165) is 42.2 Å². The molecular formula is C28H47NO3Si. The minimum atomic E-state index is -1.79. The lowest BCUT2D eigenvalue weighted by Gasteiger charge is -2.58. The van der Waals surface area contributed by atoms with Crippen molar-refractivity contribution in [2.24, 2.45) is 45.6 Å². The molecule has 0 amide bonds. The summed E-state index contributed by atoms with van der Waals surface area (Å²) < 4.78 is 5.72. The zero-order valence-electron chi connectivity index (χ0n) is 22.2. The summed E-state index contributed by atoms with van der Waals surface area (Å²) in [5.74, 6) is 3.91.